The number of nitro groups is 1. The molecule has 1 heterocycles. The number of nitrogens with zero attached hydrogens (tertiary/aromatic N) is 3. The fourth-order valence-electron chi connectivity index (χ4n) is 2.77. The van der Waals surface area contributed by atoms with Crippen molar-refractivity contribution in [1.82, 2.24) is 0 Å². The number of anilines is 2. The minimum Gasteiger partial charge on any atom is -0.368 e. The topological polar surface area (TPSA) is 49.6 Å². The second-order valence-corrected chi connectivity index (χ2v) is 5.78. The van der Waals surface area contributed by atoms with Crippen molar-refractivity contribution in [2.24, 2.45) is 0 Å². The van der Waals surface area contributed by atoms with Crippen LogP contribution >= 0.6 is 11.6 Å². The molecule has 0 aromatic heterocycles. The van der Waals surface area contributed by atoms with Gasteiger partial charge in [0, 0.05) is 43.0 Å². The highest BCUT2D eigenvalue weighted by Gasteiger charge is 2.24. The molecule has 0 aliphatic carbocycles. The van der Waals surface area contributed by atoms with Gasteiger partial charge in [0.1, 0.15) is 11.5 Å². The quantitative estimate of drug-likeness (QED) is 0.633. The minimum atomic E-state index is -0.409. The molecule has 0 radical (unpaired) electrons. The lowest BCUT2D eigenvalue weighted by molar-refractivity contribution is -0.384. The zero-order valence-electron chi connectivity index (χ0n) is 12.3. The smallest absolute Gasteiger partial charge is 0.294 e. The monoisotopic (exact) mass is 335 g/mol. The van der Waals surface area contributed by atoms with Gasteiger partial charge < -0.3 is 9.80 Å². The van der Waals surface area contributed by atoms with Crippen molar-refractivity contribution in [3.05, 3.63) is 63.4 Å². The Morgan fingerprint density at radius 3 is 2.22 bits per heavy atom. The highest BCUT2D eigenvalue weighted by Crippen LogP contribution is 2.32. The van der Waals surface area contributed by atoms with Crippen LogP contribution in [0.2, 0.25) is 5.02 Å². The van der Waals surface area contributed by atoms with Gasteiger partial charge in [-0.15, -0.1) is 0 Å². The Balaban J connectivity index is 1.74. The Morgan fingerprint density at radius 1 is 1.00 bits per heavy atom. The van der Waals surface area contributed by atoms with Crippen LogP contribution in [0.5, 0.6) is 0 Å². The number of nitro benzene ring substituents is 1. The number of halogens is 2. The standard InChI is InChI=1S/C16H15ClFN3O2/c17-12-1-6-15(16(11-12)21(22)23)20-9-7-19(8-10-20)14-4-2-13(18)3-5-14/h1-6,11H,7-10H2. The van der Waals surface area contributed by atoms with Gasteiger partial charge in [0.25, 0.3) is 5.69 Å². The summed E-state index contributed by atoms with van der Waals surface area (Å²) in [4.78, 5) is 14.9. The SMILES string of the molecule is O=[N+]([O-])c1cc(Cl)ccc1N1CCN(c2ccc(F)cc2)CC1. The molecule has 0 amide bonds. The van der Waals surface area contributed by atoms with Crippen molar-refractivity contribution < 1.29 is 9.31 Å². The van der Waals surface area contributed by atoms with E-state index in [-0.39, 0.29) is 11.5 Å². The summed E-state index contributed by atoms with van der Waals surface area (Å²) < 4.78 is 13.0. The number of hydrogen-bond acceptors (Lipinski definition) is 4. The Kier molecular flexibility index (Phi) is 4.34. The van der Waals surface area contributed by atoms with E-state index >= 15 is 0 Å². The van der Waals surface area contributed by atoms with Crippen molar-refractivity contribution in [2.45, 2.75) is 0 Å². The minimum absolute atomic E-state index is 0.0210. The molecule has 0 spiro atoms. The fourth-order valence-corrected chi connectivity index (χ4v) is 2.93. The van der Waals surface area contributed by atoms with Crippen molar-refractivity contribution >= 4 is 28.7 Å². The second kappa shape index (κ2) is 6.42. The molecular formula is C16H15ClFN3O2. The third-order valence-corrected chi connectivity index (χ3v) is 4.18. The predicted octanol–water partition coefficient (Wildman–Crippen LogP) is 3.71. The summed E-state index contributed by atoms with van der Waals surface area (Å²) in [5.41, 5.74) is 1.56. The first-order valence-electron chi connectivity index (χ1n) is 7.24. The number of rotatable bonds is 3. The van der Waals surface area contributed by atoms with Crippen LogP contribution in [0.3, 0.4) is 0 Å². The van der Waals surface area contributed by atoms with E-state index in [1.807, 2.05) is 4.90 Å². The first-order valence-corrected chi connectivity index (χ1v) is 7.62. The van der Waals surface area contributed by atoms with Gasteiger partial charge in [0.05, 0.1) is 4.92 Å². The predicted molar refractivity (Wildman–Crippen MR) is 88.9 cm³/mol. The van der Waals surface area contributed by atoms with Gasteiger partial charge in [0.15, 0.2) is 0 Å². The Bertz CT molecular complexity index is 716. The van der Waals surface area contributed by atoms with E-state index in [0.29, 0.717) is 36.9 Å². The van der Waals surface area contributed by atoms with Crippen LogP contribution in [0.15, 0.2) is 42.5 Å². The van der Waals surface area contributed by atoms with Crippen LogP contribution in [-0.4, -0.2) is 31.1 Å². The Hall–Kier alpha value is -2.34. The fraction of sp³-hybridized carbons (Fsp3) is 0.250. The summed E-state index contributed by atoms with van der Waals surface area (Å²) in [5.74, 6) is -0.260. The van der Waals surface area contributed by atoms with Gasteiger partial charge in [-0.05, 0) is 36.4 Å². The van der Waals surface area contributed by atoms with Crippen molar-refractivity contribution in [3.63, 3.8) is 0 Å². The molecule has 1 aliphatic rings. The summed E-state index contributed by atoms with van der Waals surface area (Å²) in [7, 11) is 0. The summed E-state index contributed by atoms with van der Waals surface area (Å²) in [6.45, 7) is 2.73. The van der Waals surface area contributed by atoms with E-state index < -0.39 is 4.92 Å². The molecule has 0 unspecified atom stereocenters. The van der Waals surface area contributed by atoms with E-state index in [2.05, 4.69) is 4.90 Å². The van der Waals surface area contributed by atoms with Gasteiger partial charge >= 0.3 is 0 Å². The average molecular weight is 336 g/mol. The van der Waals surface area contributed by atoms with Gasteiger partial charge in [-0.2, -0.15) is 0 Å². The highest BCUT2D eigenvalue weighted by atomic mass is 35.5. The molecule has 3 rings (SSSR count). The highest BCUT2D eigenvalue weighted by molar-refractivity contribution is 6.30. The zero-order chi connectivity index (χ0) is 16.4. The molecule has 23 heavy (non-hydrogen) atoms. The largest absolute Gasteiger partial charge is 0.368 e. The lowest BCUT2D eigenvalue weighted by Crippen LogP contribution is -2.46. The molecule has 0 N–H and O–H groups in total. The van der Waals surface area contributed by atoms with Crippen molar-refractivity contribution in [1.29, 1.82) is 0 Å². The molecule has 7 heteroatoms. The summed E-state index contributed by atoms with van der Waals surface area (Å²) >= 11 is 5.85. The molecule has 2 aromatic rings. The molecule has 0 saturated carbocycles. The number of benzene rings is 2. The van der Waals surface area contributed by atoms with Crippen molar-refractivity contribution in [3.8, 4) is 0 Å². The molecule has 0 bridgehead atoms. The van der Waals surface area contributed by atoms with Crippen LogP contribution in [0, 0.1) is 15.9 Å². The molecule has 5 nitrogen and oxygen atoms in total. The van der Waals surface area contributed by atoms with Crippen molar-refractivity contribution in [2.75, 3.05) is 36.0 Å². The first kappa shape index (κ1) is 15.6. The maximum Gasteiger partial charge on any atom is 0.294 e. The van der Waals surface area contributed by atoms with Crippen LogP contribution in [0.25, 0.3) is 0 Å². The maximum atomic E-state index is 13.0. The van der Waals surface area contributed by atoms with Crippen LogP contribution in [0.1, 0.15) is 0 Å². The molecule has 2 aromatic carbocycles. The zero-order valence-corrected chi connectivity index (χ0v) is 13.0. The molecule has 0 atom stereocenters. The van der Waals surface area contributed by atoms with Gasteiger partial charge in [0.2, 0.25) is 0 Å². The van der Waals surface area contributed by atoms with E-state index in [1.54, 1.807) is 24.3 Å². The van der Waals surface area contributed by atoms with Crippen LogP contribution in [0.4, 0.5) is 21.5 Å². The van der Waals surface area contributed by atoms with Gasteiger partial charge in [-0.1, -0.05) is 11.6 Å². The Morgan fingerprint density at radius 2 is 1.61 bits per heavy atom. The normalized spacial score (nSPS) is 14.9. The third kappa shape index (κ3) is 3.37. The average Bonchev–Trinajstić information content (AvgIpc) is 2.56. The Labute approximate surface area is 138 Å². The number of hydrogen-bond donors (Lipinski definition) is 0. The van der Waals surface area contributed by atoms with E-state index in [9.17, 15) is 14.5 Å². The first-order chi connectivity index (χ1) is 11.0. The van der Waals surface area contributed by atoms with E-state index in [0.717, 1.165) is 5.69 Å². The van der Waals surface area contributed by atoms with E-state index in [1.165, 1.54) is 18.2 Å². The summed E-state index contributed by atoms with van der Waals surface area (Å²) in [6.07, 6.45) is 0. The molecular weight excluding hydrogens is 321 g/mol. The summed E-state index contributed by atoms with van der Waals surface area (Å²) in [6, 6.07) is 11.1. The summed E-state index contributed by atoms with van der Waals surface area (Å²) in [5, 5.41) is 11.6. The third-order valence-electron chi connectivity index (χ3n) is 3.95. The second-order valence-electron chi connectivity index (χ2n) is 5.34. The molecule has 1 fully saturated rings. The molecule has 120 valence electrons. The maximum absolute atomic E-state index is 13.0. The van der Waals surface area contributed by atoms with E-state index in [4.69, 9.17) is 11.6 Å². The molecule has 1 saturated heterocycles. The lowest BCUT2D eigenvalue weighted by Gasteiger charge is -2.37. The lowest BCUT2D eigenvalue weighted by atomic mass is 10.2. The van der Waals surface area contributed by atoms with Gasteiger partial charge in [-0.25, -0.2) is 4.39 Å². The molecule has 1 aliphatic heterocycles. The number of piperazine rings is 1. The van der Waals surface area contributed by atoms with Crippen LogP contribution < -0.4 is 9.80 Å². The van der Waals surface area contributed by atoms with Crippen LogP contribution in [-0.2, 0) is 0 Å². The van der Waals surface area contributed by atoms with Gasteiger partial charge in [-0.3, -0.25) is 10.1 Å².